The second-order valence-electron chi connectivity index (χ2n) is 7.91. The molecule has 2 aromatic carbocycles. The van der Waals surface area contributed by atoms with Crippen LogP contribution in [0.15, 0.2) is 78.0 Å². The molecule has 0 amide bonds. The Morgan fingerprint density at radius 2 is 1.78 bits per heavy atom. The number of hydrogen-bond donors (Lipinski definition) is 2. The predicted octanol–water partition coefficient (Wildman–Crippen LogP) is 4.42. The average molecular weight is 447 g/mol. The third-order valence-corrected chi connectivity index (χ3v) is 7.69. The van der Waals surface area contributed by atoms with Crippen molar-refractivity contribution in [2.24, 2.45) is 0 Å². The van der Waals surface area contributed by atoms with Crippen molar-refractivity contribution >= 4 is 26.8 Å². The van der Waals surface area contributed by atoms with Gasteiger partial charge >= 0.3 is 0 Å². The summed E-state index contributed by atoms with van der Waals surface area (Å²) in [6, 6.07) is 16.7. The highest BCUT2D eigenvalue weighted by molar-refractivity contribution is 7.92. The number of H-pyrrole nitrogens is 1. The average Bonchev–Trinajstić information content (AvgIpc) is 3.46. The molecule has 0 aliphatic carbocycles. The fraction of sp³-hybridized carbons (Fsp3) is 0.167. The van der Waals surface area contributed by atoms with Crippen molar-refractivity contribution in [2.45, 2.75) is 30.0 Å². The summed E-state index contributed by atoms with van der Waals surface area (Å²) < 4.78 is 24.8. The van der Waals surface area contributed by atoms with Gasteiger partial charge in [-0.3, -0.25) is 0 Å². The van der Waals surface area contributed by atoms with Crippen LogP contribution in [0.4, 0.5) is 0 Å². The second-order valence-corrected chi connectivity index (χ2v) is 10.4. The molecule has 1 aliphatic rings. The van der Waals surface area contributed by atoms with Gasteiger partial charge in [0.25, 0.3) is 0 Å². The Morgan fingerprint density at radius 3 is 2.50 bits per heavy atom. The Balaban J connectivity index is 1.49. The standard InChI is InChI=1S/C24H22N4O3S/c1-15(2)32(29,30)18-10-8-17(9-11-18)21-14-26-24-23(27-21)19(13-25-24)22-12-20(28-31-22)16-6-4-3-5-7-16/h3-15,20,28H,1-2H3,(H,25,26). The molecule has 162 valence electrons. The number of aromatic nitrogens is 3. The van der Waals surface area contributed by atoms with E-state index in [1.165, 1.54) is 0 Å². The van der Waals surface area contributed by atoms with E-state index >= 15 is 0 Å². The van der Waals surface area contributed by atoms with Crippen molar-refractivity contribution in [1.82, 2.24) is 20.4 Å². The molecule has 0 saturated heterocycles. The van der Waals surface area contributed by atoms with E-state index in [0.29, 0.717) is 27.5 Å². The fourth-order valence-corrected chi connectivity index (χ4v) is 4.68. The predicted molar refractivity (Wildman–Crippen MR) is 123 cm³/mol. The van der Waals surface area contributed by atoms with Crippen LogP contribution in [-0.2, 0) is 14.7 Å². The summed E-state index contributed by atoms with van der Waals surface area (Å²) >= 11 is 0. The minimum Gasteiger partial charge on any atom is -0.407 e. The lowest BCUT2D eigenvalue weighted by atomic mass is 10.1. The van der Waals surface area contributed by atoms with E-state index in [2.05, 4.69) is 15.4 Å². The van der Waals surface area contributed by atoms with E-state index in [-0.39, 0.29) is 6.04 Å². The molecule has 2 aromatic heterocycles. The van der Waals surface area contributed by atoms with Gasteiger partial charge in [0, 0.05) is 11.8 Å². The number of aromatic amines is 1. The van der Waals surface area contributed by atoms with Gasteiger partial charge in [-0.25, -0.2) is 18.4 Å². The van der Waals surface area contributed by atoms with Crippen LogP contribution in [0.3, 0.4) is 0 Å². The summed E-state index contributed by atoms with van der Waals surface area (Å²) in [6.45, 7) is 3.35. The number of hydrogen-bond acceptors (Lipinski definition) is 6. The molecular formula is C24H22N4O3S. The van der Waals surface area contributed by atoms with Gasteiger partial charge in [0.2, 0.25) is 0 Å². The van der Waals surface area contributed by atoms with Gasteiger partial charge in [-0.05, 0) is 37.6 Å². The van der Waals surface area contributed by atoms with Gasteiger partial charge in [-0.1, -0.05) is 42.5 Å². The molecule has 32 heavy (non-hydrogen) atoms. The fourth-order valence-electron chi connectivity index (χ4n) is 3.62. The molecule has 8 heteroatoms. The number of nitrogens with one attached hydrogen (secondary N) is 2. The first-order chi connectivity index (χ1) is 15.4. The lowest BCUT2D eigenvalue weighted by molar-refractivity contribution is 0.162. The Morgan fingerprint density at radius 1 is 1.03 bits per heavy atom. The third-order valence-electron chi connectivity index (χ3n) is 5.52. The summed E-state index contributed by atoms with van der Waals surface area (Å²) in [5, 5.41) is -0.472. The highest BCUT2D eigenvalue weighted by atomic mass is 32.2. The topological polar surface area (TPSA) is 97.0 Å². The Hall–Kier alpha value is -3.49. The van der Waals surface area contributed by atoms with Gasteiger partial charge in [0.05, 0.1) is 33.6 Å². The molecule has 1 atom stereocenters. The van der Waals surface area contributed by atoms with Gasteiger partial charge < -0.3 is 9.82 Å². The third kappa shape index (κ3) is 3.57. The molecule has 4 aromatic rings. The number of benzene rings is 2. The largest absolute Gasteiger partial charge is 0.407 e. The van der Waals surface area contributed by atoms with E-state index in [1.54, 1.807) is 44.3 Å². The first-order valence-electron chi connectivity index (χ1n) is 10.3. The van der Waals surface area contributed by atoms with Crippen LogP contribution in [0.2, 0.25) is 0 Å². The van der Waals surface area contributed by atoms with Gasteiger partial charge in [-0.15, -0.1) is 5.48 Å². The van der Waals surface area contributed by atoms with Gasteiger partial charge in [0.1, 0.15) is 5.52 Å². The highest BCUT2D eigenvalue weighted by Gasteiger charge is 2.23. The smallest absolute Gasteiger partial charge is 0.180 e. The maximum atomic E-state index is 12.4. The van der Waals surface area contributed by atoms with Crippen molar-refractivity contribution in [3.8, 4) is 11.3 Å². The Labute approximate surface area is 186 Å². The van der Waals surface area contributed by atoms with Crippen LogP contribution >= 0.6 is 0 Å². The van der Waals surface area contributed by atoms with Crippen LogP contribution in [0.1, 0.15) is 31.0 Å². The van der Waals surface area contributed by atoms with Crippen molar-refractivity contribution in [3.63, 3.8) is 0 Å². The summed E-state index contributed by atoms with van der Waals surface area (Å²) in [4.78, 5) is 18.5. The summed E-state index contributed by atoms with van der Waals surface area (Å²) in [7, 11) is -3.32. The molecular weight excluding hydrogens is 424 g/mol. The maximum absolute atomic E-state index is 12.4. The van der Waals surface area contributed by atoms with Crippen molar-refractivity contribution < 1.29 is 13.3 Å². The van der Waals surface area contributed by atoms with E-state index in [9.17, 15) is 8.42 Å². The molecule has 0 bridgehead atoms. The molecule has 0 spiro atoms. The summed E-state index contributed by atoms with van der Waals surface area (Å²) in [5.74, 6) is 0.676. The summed E-state index contributed by atoms with van der Waals surface area (Å²) in [6.07, 6.45) is 5.51. The molecule has 5 rings (SSSR count). The Kier molecular flexibility index (Phi) is 5.03. The Bertz CT molecular complexity index is 1410. The minimum atomic E-state index is -3.32. The molecule has 2 N–H and O–H groups in total. The zero-order valence-electron chi connectivity index (χ0n) is 17.6. The van der Waals surface area contributed by atoms with Crippen LogP contribution in [0.5, 0.6) is 0 Å². The van der Waals surface area contributed by atoms with E-state index in [1.807, 2.05) is 42.6 Å². The zero-order chi connectivity index (χ0) is 22.3. The monoisotopic (exact) mass is 446 g/mol. The van der Waals surface area contributed by atoms with E-state index in [0.717, 1.165) is 16.7 Å². The number of hydroxylamine groups is 1. The van der Waals surface area contributed by atoms with Crippen LogP contribution in [-0.4, -0.2) is 28.6 Å². The normalized spacial score (nSPS) is 16.3. The molecule has 0 saturated carbocycles. The lowest BCUT2D eigenvalue weighted by Crippen LogP contribution is -2.13. The number of nitrogens with zero attached hydrogens (tertiary/aromatic N) is 2. The zero-order valence-corrected chi connectivity index (χ0v) is 18.4. The molecule has 3 heterocycles. The first-order valence-corrected chi connectivity index (χ1v) is 11.9. The molecule has 0 radical (unpaired) electrons. The van der Waals surface area contributed by atoms with Crippen molar-refractivity contribution in [1.29, 1.82) is 0 Å². The molecule has 1 aliphatic heterocycles. The van der Waals surface area contributed by atoms with E-state index < -0.39 is 15.1 Å². The van der Waals surface area contributed by atoms with Crippen LogP contribution < -0.4 is 5.48 Å². The van der Waals surface area contributed by atoms with Gasteiger partial charge in [-0.2, -0.15) is 0 Å². The minimum absolute atomic E-state index is 0.0530. The number of rotatable bonds is 5. The molecule has 7 nitrogen and oxygen atoms in total. The van der Waals surface area contributed by atoms with Crippen LogP contribution in [0, 0.1) is 0 Å². The highest BCUT2D eigenvalue weighted by Crippen LogP contribution is 2.32. The van der Waals surface area contributed by atoms with Crippen molar-refractivity contribution in [2.75, 3.05) is 0 Å². The molecule has 0 fully saturated rings. The molecule has 1 unspecified atom stereocenters. The summed E-state index contributed by atoms with van der Waals surface area (Å²) in [5.41, 5.74) is 7.72. The maximum Gasteiger partial charge on any atom is 0.180 e. The number of fused-ring (bicyclic) bond motifs is 1. The first kappa shape index (κ1) is 20.4. The van der Waals surface area contributed by atoms with E-state index in [4.69, 9.17) is 9.82 Å². The van der Waals surface area contributed by atoms with Gasteiger partial charge in [0.15, 0.2) is 21.2 Å². The SMILES string of the molecule is CC(C)S(=O)(=O)c1ccc(-c2cnc3[nH]cc(C4=CC(c5ccccc5)NO4)c3n2)cc1. The quantitative estimate of drug-likeness (QED) is 0.471. The number of sulfone groups is 1. The second kappa shape index (κ2) is 7.89. The van der Waals surface area contributed by atoms with Crippen LogP contribution in [0.25, 0.3) is 28.2 Å². The lowest BCUT2D eigenvalue weighted by Gasteiger charge is -2.08. The van der Waals surface area contributed by atoms with Crippen molar-refractivity contribution in [3.05, 3.63) is 84.2 Å².